The van der Waals surface area contributed by atoms with Crippen molar-refractivity contribution in [3.8, 4) is 0 Å². The summed E-state index contributed by atoms with van der Waals surface area (Å²) in [7, 11) is -3.43. The smallest absolute Gasteiger partial charge is 0.242 e. The maximum absolute atomic E-state index is 12.3. The van der Waals surface area contributed by atoms with Crippen molar-refractivity contribution in [2.45, 2.75) is 24.9 Å². The summed E-state index contributed by atoms with van der Waals surface area (Å²) in [5, 5.41) is 0. The van der Waals surface area contributed by atoms with Crippen molar-refractivity contribution < 1.29 is 16.8 Å². The van der Waals surface area contributed by atoms with E-state index in [0.29, 0.717) is 31.7 Å². The number of fused-ring (bicyclic) bond motifs is 1. The molecular formula is C16H24N4O4S2. The number of sulfonamides is 1. The Kier molecular flexibility index (Phi) is 5.13. The average Bonchev–Trinajstić information content (AvgIpc) is 2.92. The highest BCUT2D eigenvalue weighted by Gasteiger charge is 2.24. The Morgan fingerprint density at radius 2 is 1.85 bits per heavy atom. The lowest BCUT2D eigenvalue weighted by atomic mass is 10.3. The van der Waals surface area contributed by atoms with Gasteiger partial charge in [-0.05, 0) is 25.1 Å². The Morgan fingerprint density at radius 1 is 1.19 bits per heavy atom. The van der Waals surface area contributed by atoms with Crippen LogP contribution < -0.4 is 0 Å². The number of hydrogen-bond donors (Lipinski definition) is 0. The molecule has 3 rings (SSSR count). The van der Waals surface area contributed by atoms with Gasteiger partial charge in [0.15, 0.2) is 9.84 Å². The second-order valence-electron chi connectivity index (χ2n) is 6.64. The van der Waals surface area contributed by atoms with Crippen LogP contribution in [0.25, 0.3) is 11.0 Å². The lowest BCUT2D eigenvalue weighted by Gasteiger charge is -2.26. The van der Waals surface area contributed by atoms with Gasteiger partial charge in [0.2, 0.25) is 10.0 Å². The molecule has 1 aliphatic rings. The van der Waals surface area contributed by atoms with E-state index in [0.717, 1.165) is 11.3 Å². The number of nitrogens with zero attached hydrogens (tertiary/aromatic N) is 4. The standard InChI is InChI=1S/C16H24N4O4S2/c1-4-20-15-6-5-13(26(23,24)18(2)3)11-14(15)17-16(20)12-19-7-9-25(21,22)10-8-19/h5-6,11H,4,7-10,12H2,1-3H3. The van der Waals surface area contributed by atoms with E-state index in [1.165, 1.54) is 18.4 Å². The molecule has 0 spiro atoms. The maximum atomic E-state index is 12.3. The molecule has 0 atom stereocenters. The molecule has 2 heterocycles. The molecule has 0 aliphatic carbocycles. The van der Waals surface area contributed by atoms with Crippen molar-refractivity contribution in [3.63, 3.8) is 0 Å². The Labute approximate surface area is 154 Å². The number of benzene rings is 1. The van der Waals surface area contributed by atoms with Crippen molar-refractivity contribution in [2.24, 2.45) is 0 Å². The summed E-state index contributed by atoms with van der Waals surface area (Å²) in [4.78, 5) is 6.93. The van der Waals surface area contributed by atoms with Gasteiger partial charge in [-0.2, -0.15) is 0 Å². The van der Waals surface area contributed by atoms with Crippen LogP contribution in [-0.4, -0.2) is 74.3 Å². The highest BCUT2D eigenvalue weighted by molar-refractivity contribution is 7.91. The Bertz CT molecular complexity index is 1010. The van der Waals surface area contributed by atoms with Crippen LogP contribution >= 0.6 is 0 Å². The van der Waals surface area contributed by atoms with Gasteiger partial charge in [-0.15, -0.1) is 0 Å². The third-order valence-corrected chi connectivity index (χ3v) is 8.12. The number of sulfone groups is 1. The number of imidazole rings is 1. The van der Waals surface area contributed by atoms with E-state index < -0.39 is 19.9 Å². The van der Waals surface area contributed by atoms with Crippen molar-refractivity contribution in [2.75, 3.05) is 38.7 Å². The van der Waals surface area contributed by atoms with Gasteiger partial charge in [0.05, 0.1) is 34.0 Å². The minimum absolute atomic E-state index is 0.171. The summed E-state index contributed by atoms with van der Waals surface area (Å²) in [5.41, 5.74) is 1.51. The lowest BCUT2D eigenvalue weighted by molar-refractivity contribution is 0.277. The fraction of sp³-hybridized carbons (Fsp3) is 0.562. The van der Waals surface area contributed by atoms with Gasteiger partial charge < -0.3 is 4.57 Å². The van der Waals surface area contributed by atoms with Gasteiger partial charge in [0.25, 0.3) is 0 Å². The molecule has 26 heavy (non-hydrogen) atoms. The van der Waals surface area contributed by atoms with Crippen molar-refractivity contribution in [1.82, 2.24) is 18.8 Å². The van der Waals surface area contributed by atoms with E-state index in [1.807, 2.05) is 11.5 Å². The number of aryl methyl sites for hydroxylation is 1. The first kappa shape index (κ1) is 19.3. The van der Waals surface area contributed by atoms with E-state index in [4.69, 9.17) is 0 Å². The van der Waals surface area contributed by atoms with Gasteiger partial charge in [-0.25, -0.2) is 26.1 Å². The normalized spacial score (nSPS) is 18.6. The lowest BCUT2D eigenvalue weighted by Crippen LogP contribution is -2.40. The van der Waals surface area contributed by atoms with Crippen LogP contribution in [0.2, 0.25) is 0 Å². The van der Waals surface area contributed by atoms with E-state index in [2.05, 4.69) is 9.88 Å². The van der Waals surface area contributed by atoms with Gasteiger partial charge in [0.1, 0.15) is 5.82 Å². The minimum atomic E-state index is -3.51. The molecule has 0 unspecified atom stereocenters. The minimum Gasteiger partial charge on any atom is -0.327 e. The first-order valence-corrected chi connectivity index (χ1v) is 11.7. The highest BCUT2D eigenvalue weighted by atomic mass is 32.2. The van der Waals surface area contributed by atoms with Crippen LogP contribution in [0.3, 0.4) is 0 Å². The van der Waals surface area contributed by atoms with Crippen LogP contribution in [0, 0.1) is 0 Å². The third kappa shape index (κ3) is 3.64. The van der Waals surface area contributed by atoms with E-state index >= 15 is 0 Å². The molecule has 8 nitrogen and oxygen atoms in total. The van der Waals surface area contributed by atoms with Gasteiger partial charge in [-0.3, -0.25) is 4.90 Å². The van der Waals surface area contributed by atoms with E-state index in [-0.39, 0.29) is 16.4 Å². The monoisotopic (exact) mass is 400 g/mol. The fourth-order valence-corrected chi connectivity index (χ4v) is 5.31. The topological polar surface area (TPSA) is 92.6 Å². The van der Waals surface area contributed by atoms with Crippen molar-refractivity contribution in [3.05, 3.63) is 24.0 Å². The summed E-state index contributed by atoms with van der Waals surface area (Å²) in [6, 6.07) is 4.98. The molecule has 1 aliphatic heterocycles. The zero-order chi connectivity index (χ0) is 19.1. The zero-order valence-corrected chi connectivity index (χ0v) is 16.8. The van der Waals surface area contributed by atoms with Gasteiger partial charge in [-0.1, -0.05) is 0 Å². The second-order valence-corrected chi connectivity index (χ2v) is 11.1. The molecule has 0 radical (unpaired) electrons. The zero-order valence-electron chi connectivity index (χ0n) is 15.2. The second kappa shape index (κ2) is 6.91. The SMILES string of the molecule is CCn1c(CN2CCS(=O)(=O)CC2)nc2cc(S(=O)(=O)N(C)C)ccc21. The molecular weight excluding hydrogens is 376 g/mol. The van der Waals surface area contributed by atoms with Crippen LogP contribution in [-0.2, 0) is 33.0 Å². The summed E-state index contributed by atoms with van der Waals surface area (Å²) < 4.78 is 51.1. The van der Waals surface area contributed by atoms with Crippen LogP contribution in [0.15, 0.2) is 23.1 Å². The van der Waals surface area contributed by atoms with Crippen molar-refractivity contribution >= 4 is 30.9 Å². The maximum Gasteiger partial charge on any atom is 0.242 e. The molecule has 144 valence electrons. The molecule has 1 fully saturated rings. The molecule has 0 amide bonds. The Hall–Kier alpha value is -1.49. The summed E-state index contributed by atoms with van der Waals surface area (Å²) in [5.74, 6) is 1.16. The molecule has 2 aromatic rings. The first-order chi connectivity index (χ1) is 12.1. The van der Waals surface area contributed by atoms with E-state index in [9.17, 15) is 16.8 Å². The molecule has 0 bridgehead atoms. The largest absolute Gasteiger partial charge is 0.327 e. The van der Waals surface area contributed by atoms with E-state index in [1.54, 1.807) is 18.2 Å². The van der Waals surface area contributed by atoms with Crippen LogP contribution in [0.5, 0.6) is 0 Å². The van der Waals surface area contributed by atoms with Gasteiger partial charge in [0, 0.05) is 33.7 Å². The average molecular weight is 401 g/mol. The predicted octanol–water partition coefficient (Wildman–Crippen LogP) is 0.537. The third-order valence-electron chi connectivity index (χ3n) is 4.70. The van der Waals surface area contributed by atoms with Crippen molar-refractivity contribution in [1.29, 1.82) is 0 Å². The Balaban J connectivity index is 1.94. The molecule has 1 saturated heterocycles. The highest BCUT2D eigenvalue weighted by Crippen LogP contribution is 2.23. The fourth-order valence-electron chi connectivity index (χ4n) is 3.11. The molecule has 0 N–H and O–H groups in total. The molecule has 1 aromatic heterocycles. The summed E-state index contributed by atoms with van der Waals surface area (Å²) in [6.45, 7) is 4.26. The molecule has 0 saturated carbocycles. The summed E-state index contributed by atoms with van der Waals surface area (Å²) >= 11 is 0. The summed E-state index contributed by atoms with van der Waals surface area (Å²) in [6.07, 6.45) is 0. The molecule has 10 heteroatoms. The predicted molar refractivity (Wildman–Crippen MR) is 100 cm³/mol. The number of aromatic nitrogens is 2. The van der Waals surface area contributed by atoms with Gasteiger partial charge >= 0.3 is 0 Å². The molecule has 1 aromatic carbocycles. The quantitative estimate of drug-likeness (QED) is 0.727. The first-order valence-electron chi connectivity index (χ1n) is 8.48. The number of hydrogen-bond acceptors (Lipinski definition) is 6. The van der Waals surface area contributed by atoms with Crippen LogP contribution in [0.4, 0.5) is 0 Å². The van der Waals surface area contributed by atoms with Crippen LogP contribution in [0.1, 0.15) is 12.7 Å². The Morgan fingerprint density at radius 3 is 2.42 bits per heavy atom. The number of rotatable bonds is 5.